The van der Waals surface area contributed by atoms with E-state index in [9.17, 15) is 13.2 Å². The van der Waals surface area contributed by atoms with Gasteiger partial charge in [0, 0.05) is 30.4 Å². The molecular formula is C27H25N5O3S. The standard InChI is InChI=1S/C27H25N5O3S/c1-19-9-5-6-14-23(19)26-24(18-32(30-26)21-11-3-2-4-12-21)27(33)29-20-10-7-13-22(17-20)36(34,35)31-25-15-8-16-28-25/h2-7,9-14,17-18H,8,15-16H2,1H3,(H,28,31)(H,29,33). The van der Waals surface area contributed by atoms with Crippen LogP contribution in [0, 0.1) is 6.92 Å². The van der Waals surface area contributed by atoms with Crippen molar-refractivity contribution in [1.82, 2.24) is 14.5 Å². The maximum absolute atomic E-state index is 13.5. The second kappa shape index (κ2) is 9.79. The largest absolute Gasteiger partial charge is 0.322 e. The maximum atomic E-state index is 13.5. The van der Waals surface area contributed by atoms with Gasteiger partial charge in [0.25, 0.3) is 15.9 Å². The first-order valence-corrected chi connectivity index (χ1v) is 13.1. The fourth-order valence-corrected chi connectivity index (χ4v) is 5.20. The molecule has 2 heterocycles. The molecule has 0 aliphatic carbocycles. The molecule has 5 rings (SSSR count). The molecule has 1 aliphatic rings. The number of aliphatic imine (C=N–C) groups is 1. The number of rotatable bonds is 6. The second-order valence-corrected chi connectivity index (χ2v) is 10.2. The average molecular weight is 500 g/mol. The minimum atomic E-state index is -3.80. The molecule has 4 aromatic rings. The normalized spacial score (nSPS) is 13.3. The summed E-state index contributed by atoms with van der Waals surface area (Å²) in [6.07, 6.45) is 3.11. The average Bonchev–Trinajstić information content (AvgIpc) is 3.55. The van der Waals surface area contributed by atoms with Crippen LogP contribution in [0.4, 0.5) is 5.69 Å². The summed E-state index contributed by atoms with van der Waals surface area (Å²) in [6.45, 7) is 2.59. The smallest absolute Gasteiger partial charge is 0.262 e. The molecule has 0 saturated carbocycles. The summed E-state index contributed by atoms with van der Waals surface area (Å²) in [7, 11) is -3.80. The Balaban J connectivity index is 1.47. The Kier molecular flexibility index (Phi) is 6.39. The van der Waals surface area contributed by atoms with Crippen LogP contribution in [-0.2, 0) is 10.0 Å². The van der Waals surface area contributed by atoms with E-state index in [1.165, 1.54) is 12.1 Å². The number of hydrogen-bond donors (Lipinski definition) is 2. The molecule has 1 aliphatic heterocycles. The van der Waals surface area contributed by atoms with E-state index in [-0.39, 0.29) is 4.90 Å². The van der Waals surface area contributed by atoms with Crippen molar-refractivity contribution in [2.24, 2.45) is 4.99 Å². The lowest BCUT2D eigenvalue weighted by Crippen LogP contribution is -2.29. The van der Waals surface area contributed by atoms with Gasteiger partial charge in [-0.3, -0.25) is 14.5 Å². The summed E-state index contributed by atoms with van der Waals surface area (Å²) in [6, 6.07) is 23.4. The highest BCUT2D eigenvalue weighted by atomic mass is 32.2. The molecule has 0 radical (unpaired) electrons. The number of para-hydroxylation sites is 1. The maximum Gasteiger partial charge on any atom is 0.262 e. The zero-order valence-corrected chi connectivity index (χ0v) is 20.5. The van der Waals surface area contributed by atoms with Crippen LogP contribution in [0.2, 0.25) is 0 Å². The van der Waals surface area contributed by atoms with E-state index >= 15 is 0 Å². The van der Waals surface area contributed by atoms with Crippen molar-refractivity contribution in [3.63, 3.8) is 0 Å². The first kappa shape index (κ1) is 23.5. The number of carbonyl (C=O) groups is 1. The molecule has 0 unspecified atom stereocenters. The molecule has 0 fully saturated rings. The van der Waals surface area contributed by atoms with Crippen LogP contribution in [-0.4, -0.2) is 36.5 Å². The lowest BCUT2D eigenvalue weighted by molar-refractivity contribution is 0.102. The number of aryl methyl sites for hydroxylation is 1. The van der Waals surface area contributed by atoms with Crippen LogP contribution in [0.3, 0.4) is 0 Å². The molecule has 0 spiro atoms. The molecule has 36 heavy (non-hydrogen) atoms. The molecule has 1 aromatic heterocycles. The Bertz CT molecular complexity index is 1560. The number of aromatic nitrogens is 2. The van der Waals surface area contributed by atoms with E-state index < -0.39 is 15.9 Å². The van der Waals surface area contributed by atoms with Gasteiger partial charge < -0.3 is 5.32 Å². The predicted molar refractivity (Wildman–Crippen MR) is 140 cm³/mol. The lowest BCUT2D eigenvalue weighted by atomic mass is 10.0. The van der Waals surface area contributed by atoms with Crippen LogP contribution in [0.25, 0.3) is 16.9 Å². The van der Waals surface area contributed by atoms with Crippen LogP contribution < -0.4 is 10.0 Å². The van der Waals surface area contributed by atoms with Crippen molar-refractivity contribution in [1.29, 1.82) is 0 Å². The van der Waals surface area contributed by atoms with E-state index in [0.717, 1.165) is 23.2 Å². The third-order valence-electron chi connectivity index (χ3n) is 5.91. The number of nitrogens with zero attached hydrogens (tertiary/aromatic N) is 3. The minimum Gasteiger partial charge on any atom is -0.322 e. The quantitative estimate of drug-likeness (QED) is 0.405. The summed E-state index contributed by atoms with van der Waals surface area (Å²) in [5, 5.41) is 7.57. The Labute approximate surface area is 209 Å². The van der Waals surface area contributed by atoms with Gasteiger partial charge >= 0.3 is 0 Å². The van der Waals surface area contributed by atoms with E-state index in [2.05, 4.69) is 15.0 Å². The van der Waals surface area contributed by atoms with E-state index in [4.69, 9.17) is 5.10 Å². The van der Waals surface area contributed by atoms with Gasteiger partial charge in [-0.2, -0.15) is 5.10 Å². The molecule has 1 amide bonds. The summed E-state index contributed by atoms with van der Waals surface area (Å²) >= 11 is 0. The molecule has 0 saturated heterocycles. The third kappa shape index (κ3) is 4.92. The molecule has 2 N–H and O–H groups in total. The number of hydrogen-bond acceptors (Lipinski definition) is 5. The highest BCUT2D eigenvalue weighted by molar-refractivity contribution is 7.90. The molecular weight excluding hydrogens is 474 g/mol. The summed E-state index contributed by atoms with van der Waals surface area (Å²) in [5.74, 6) is 0.0683. The van der Waals surface area contributed by atoms with E-state index in [1.54, 1.807) is 23.0 Å². The summed E-state index contributed by atoms with van der Waals surface area (Å²) < 4.78 is 29.8. The Morgan fingerprint density at radius 2 is 1.75 bits per heavy atom. The molecule has 9 heteroatoms. The number of nitrogens with one attached hydrogen (secondary N) is 2. The molecule has 3 aromatic carbocycles. The predicted octanol–water partition coefficient (Wildman–Crippen LogP) is 4.57. The summed E-state index contributed by atoms with van der Waals surface area (Å²) in [5.41, 5.74) is 3.92. The van der Waals surface area contributed by atoms with Crippen molar-refractivity contribution >= 4 is 27.5 Å². The zero-order chi connectivity index (χ0) is 25.1. The van der Waals surface area contributed by atoms with Gasteiger partial charge in [0.15, 0.2) is 0 Å². The van der Waals surface area contributed by atoms with Crippen molar-refractivity contribution < 1.29 is 13.2 Å². The second-order valence-electron chi connectivity index (χ2n) is 8.51. The van der Waals surface area contributed by atoms with Crippen LogP contribution >= 0.6 is 0 Å². The Morgan fingerprint density at radius 3 is 2.50 bits per heavy atom. The van der Waals surface area contributed by atoms with Gasteiger partial charge in [0.1, 0.15) is 11.5 Å². The lowest BCUT2D eigenvalue weighted by Gasteiger charge is -2.10. The highest BCUT2D eigenvalue weighted by Gasteiger charge is 2.22. The van der Waals surface area contributed by atoms with Gasteiger partial charge in [-0.25, -0.2) is 13.1 Å². The van der Waals surface area contributed by atoms with E-state index in [1.807, 2.05) is 61.5 Å². The molecule has 182 valence electrons. The third-order valence-corrected chi connectivity index (χ3v) is 7.29. The first-order chi connectivity index (χ1) is 17.4. The number of amides is 1. The fraction of sp³-hybridized carbons (Fsp3) is 0.148. The Hall–Kier alpha value is -4.24. The molecule has 0 bridgehead atoms. The number of benzene rings is 3. The minimum absolute atomic E-state index is 0.0500. The van der Waals surface area contributed by atoms with Gasteiger partial charge in [-0.15, -0.1) is 0 Å². The van der Waals surface area contributed by atoms with Crippen LogP contribution in [0.1, 0.15) is 28.8 Å². The number of amidine groups is 1. The molecule has 8 nitrogen and oxygen atoms in total. The zero-order valence-electron chi connectivity index (χ0n) is 19.7. The van der Waals surface area contributed by atoms with Crippen molar-refractivity contribution in [2.45, 2.75) is 24.7 Å². The highest BCUT2D eigenvalue weighted by Crippen LogP contribution is 2.28. The van der Waals surface area contributed by atoms with Crippen molar-refractivity contribution in [3.8, 4) is 16.9 Å². The first-order valence-electron chi connectivity index (χ1n) is 11.6. The summed E-state index contributed by atoms with van der Waals surface area (Å²) in [4.78, 5) is 17.7. The van der Waals surface area contributed by atoms with Gasteiger partial charge in [-0.05, 0) is 49.2 Å². The van der Waals surface area contributed by atoms with Crippen molar-refractivity contribution in [3.05, 3.63) is 96.2 Å². The molecule has 0 atom stereocenters. The van der Waals surface area contributed by atoms with Gasteiger partial charge in [0.2, 0.25) is 0 Å². The van der Waals surface area contributed by atoms with E-state index in [0.29, 0.717) is 35.7 Å². The number of sulfonamides is 1. The van der Waals surface area contributed by atoms with Gasteiger partial charge in [-0.1, -0.05) is 48.5 Å². The monoisotopic (exact) mass is 499 g/mol. The fourth-order valence-electron chi connectivity index (χ4n) is 4.07. The SMILES string of the molecule is Cc1ccccc1-c1nn(-c2ccccc2)cc1C(=O)Nc1cccc(S(=O)(=O)NC2=NCCC2)c1. The van der Waals surface area contributed by atoms with Crippen molar-refractivity contribution in [2.75, 3.05) is 11.9 Å². The number of anilines is 1. The van der Waals surface area contributed by atoms with Crippen LogP contribution in [0.15, 0.2) is 94.9 Å². The number of carbonyl (C=O) groups excluding carboxylic acids is 1. The topological polar surface area (TPSA) is 105 Å². The van der Waals surface area contributed by atoms with Gasteiger partial charge in [0.05, 0.1) is 16.1 Å². The van der Waals surface area contributed by atoms with Crippen LogP contribution in [0.5, 0.6) is 0 Å². The Morgan fingerprint density at radius 1 is 0.972 bits per heavy atom.